The van der Waals surface area contributed by atoms with Gasteiger partial charge in [0.2, 0.25) is 0 Å². The molecule has 0 bridgehead atoms. The van der Waals surface area contributed by atoms with Crippen LogP contribution in [0.1, 0.15) is 65.7 Å². The zero-order chi connectivity index (χ0) is 13.4. The van der Waals surface area contributed by atoms with Gasteiger partial charge in [-0.2, -0.15) is 0 Å². The van der Waals surface area contributed by atoms with Crippen molar-refractivity contribution < 1.29 is 9.53 Å². The van der Waals surface area contributed by atoms with Crippen LogP contribution in [0.4, 0.5) is 0 Å². The fourth-order valence-electron chi connectivity index (χ4n) is 2.84. The van der Waals surface area contributed by atoms with Gasteiger partial charge in [-0.25, -0.2) is 0 Å². The van der Waals surface area contributed by atoms with E-state index in [4.69, 9.17) is 4.74 Å². The molecule has 1 rings (SSSR count). The third-order valence-corrected chi connectivity index (χ3v) is 3.87. The highest BCUT2D eigenvalue weighted by Gasteiger charge is 2.28. The molecular formula is C15H29NO2. The zero-order valence-corrected chi connectivity index (χ0v) is 12.2. The molecule has 2 atom stereocenters. The summed E-state index contributed by atoms with van der Waals surface area (Å²) in [6.45, 7) is 6.67. The minimum absolute atomic E-state index is 0.0657. The molecule has 1 aliphatic carbocycles. The smallest absolute Gasteiger partial charge is 0.323 e. The number of nitrogens with one attached hydrogen (secondary N) is 1. The van der Waals surface area contributed by atoms with Crippen LogP contribution in [0, 0.1) is 5.92 Å². The first kappa shape index (κ1) is 15.5. The summed E-state index contributed by atoms with van der Waals surface area (Å²) < 4.78 is 5.21. The Kier molecular flexibility index (Phi) is 7.33. The van der Waals surface area contributed by atoms with Gasteiger partial charge < -0.3 is 10.1 Å². The van der Waals surface area contributed by atoms with E-state index < -0.39 is 0 Å². The molecule has 0 aromatic heterocycles. The van der Waals surface area contributed by atoms with Crippen LogP contribution in [0.25, 0.3) is 0 Å². The second-order valence-corrected chi connectivity index (χ2v) is 5.50. The average Bonchev–Trinajstić information content (AvgIpc) is 2.37. The van der Waals surface area contributed by atoms with Crippen molar-refractivity contribution in [2.45, 2.75) is 77.8 Å². The highest BCUT2D eigenvalue weighted by molar-refractivity contribution is 5.76. The van der Waals surface area contributed by atoms with Crippen LogP contribution in [0.5, 0.6) is 0 Å². The zero-order valence-electron chi connectivity index (χ0n) is 12.2. The van der Waals surface area contributed by atoms with Crippen LogP contribution in [-0.4, -0.2) is 24.7 Å². The van der Waals surface area contributed by atoms with Crippen LogP contribution < -0.4 is 5.32 Å². The van der Waals surface area contributed by atoms with Crippen LogP contribution in [-0.2, 0) is 9.53 Å². The van der Waals surface area contributed by atoms with Gasteiger partial charge in [0, 0.05) is 6.04 Å². The Labute approximate surface area is 112 Å². The van der Waals surface area contributed by atoms with Crippen molar-refractivity contribution in [1.82, 2.24) is 5.32 Å². The van der Waals surface area contributed by atoms with Gasteiger partial charge in [-0.15, -0.1) is 0 Å². The summed E-state index contributed by atoms with van der Waals surface area (Å²) in [7, 11) is 0. The van der Waals surface area contributed by atoms with E-state index >= 15 is 0 Å². The number of hydrogen-bond acceptors (Lipinski definition) is 3. The molecule has 3 nitrogen and oxygen atoms in total. The molecule has 1 N–H and O–H groups in total. The van der Waals surface area contributed by atoms with Gasteiger partial charge in [-0.05, 0) is 32.1 Å². The molecular weight excluding hydrogens is 226 g/mol. The molecule has 0 spiro atoms. The fraction of sp³-hybridized carbons (Fsp3) is 0.933. The van der Waals surface area contributed by atoms with Crippen LogP contribution in [0.3, 0.4) is 0 Å². The summed E-state index contributed by atoms with van der Waals surface area (Å²) in [5.74, 6) is 0.292. The first-order valence-corrected chi connectivity index (χ1v) is 7.61. The molecule has 0 aromatic carbocycles. The SMILES string of the molecule is CCCC(C)C(NC1CCCCC1)C(=O)OCC. The van der Waals surface area contributed by atoms with Crippen molar-refractivity contribution in [3.8, 4) is 0 Å². The number of rotatable bonds is 7. The van der Waals surface area contributed by atoms with Crippen molar-refractivity contribution in [1.29, 1.82) is 0 Å². The maximum atomic E-state index is 12.0. The van der Waals surface area contributed by atoms with Gasteiger partial charge in [0.15, 0.2) is 0 Å². The molecule has 2 unspecified atom stereocenters. The molecule has 1 aliphatic rings. The van der Waals surface area contributed by atoms with Gasteiger partial charge in [0.1, 0.15) is 6.04 Å². The standard InChI is InChI=1S/C15H29NO2/c1-4-9-12(3)14(15(17)18-5-2)16-13-10-7-6-8-11-13/h12-14,16H,4-11H2,1-3H3. The Morgan fingerprint density at radius 2 is 1.94 bits per heavy atom. The van der Waals surface area contributed by atoms with E-state index in [0.29, 0.717) is 18.6 Å². The van der Waals surface area contributed by atoms with Gasteiger partial charge >= 0.3 is 5.97 Å². The monoisotopic (exact) mass is 255 g/mol. The predicted octanol–water partition coefficient (Wildman–Crippen LogP) is 3.28. The summed E-state index contributed by atoms with van der Waals surface area (Å²) in [5, 5.41) is 3.55. The highest BCUT2D eigenvalue weighted by Crippen LogP contribution is 2.20. The lowest BCUT2D eigenvalue weighted by Gasteiger charge is -2.30. The molecule has 0 aliphatic heterocycles. The van der Waals surface area contributed by atoms with Crippen LogP contribution in [0.15, 0.2) is 0 Å². The minimum atomic E-state index is -0.118. The van der Waals surface area contributed by atoms with Crippen molar-refractivity contribution in [2.75, 3.05) is 6.61 Å². The molecule has 3 heteroatoms. The number of ether oxygens (including phenoxy) is 1. The molecule has 0 saturated heterocycles. The number of esters is 1. The summed E-state index contributed by atoms with van der Waals surface area (Å²) >= 11 is 0. The minimum Gasteiger partial charge on any atom is -0.465 e. The normalized spacial score (nSPS) is 20.4. The summed E-state index contributed by atoms with van der Waals surface area (Å²) in [5.41, 5.74) is 0. The molecule has 1 fully saturated rings. The molecule has 0 aromatic rings. The van der Waals surface area contributed by atoms with E-state index in [0.717, 1.165) is 12.8 Å². The lowest BCUT2D eigenvalue weighted by atomic mass is 9.91. The van der Waals surface area contributed by atoms with E-state index in [1.165, 1.54) is 32.1 Å². The van der Waals surface area contributed by atoms with Crippen molar-refractivity contribution in [2.24, 2.45) is 5.92 Å². The Morgan fingerprint density at radius 1 is 1.28 bits per heavy atom. The Hall–Kier alpha value is -0.570. The predicted molar refractivity (Wildman–Crippen MR) is 74.5 cm³/mol. The highest BCUT2D eigenvalue weighted by atomic mass is 16.5. The van der Waals surface area contributed by atoms with Crippen LogP contribution in [0.2, 0.25) is 0 Å². The van der Waals surface area contributed by atoms with E-state index in [9.17, 15) is 4.79 Å². The quantitative estimate of drug-likeness (QED) is 0.710. The van der Waals surface area contributed by atoms with E-state index in [1.54, 1.807) is 0 Å². The number of carbonyl (C=O) groups is 1. The maximum Gasteiger partial charge on any atom is 0.323 e. The third-order valence-electron chi connectivity index (χ3n) is 3.87. The van der Waals surface area contributed by atoms with Gasteiger partial charge in [0.25, 0.3) is 0 Å². The number of carbonyl (C=O) groups excluding carboxylic acids is 1. The summed E-state index contributed by atoms with van der Waals surface area (Å²) in [4.78, 5) is 12.0. The second-order valence-electron chi connectivity index (χ2n) is 5.50. The first-order chi connectivity index (χ1) is 8.69. The molecule has 106 valence electrons. The average molecular weight is 255 g/mol. The largest absolute Gasteiger partial charge is 0.465 e. The van der Waals surface area contributed by atoms with Gasteiger partial charge in [-0.3, -0.25) is 4.79 Å². The van der Waals surface area contributed by atoms with Gasteiger partial charge in [-0.1, -0.05) is 39.5 Å². The lowest BCUT2D eigenvalue weighted by molar-refractivity contribution is -0.147. The summed E-state index contributed by atoms with van der Waals surface area (Å²) in [6.07, 6.45) is 8.51. The van der Waals surface area contributed by atoms with Crippen molar-refractivity contribution in [3.05, 3.63) is 0 Å². The van der Waals surface area contributed by atoms with Gasteiger partial charge in [0.05, 0.1) is 6.61 Å². The molecule has 0 heterocycles. The molecule has 0 radical (unpaired) electrons. The Bertz CT molecular complexity index is 237. The van der Waals surface area contributed by atoms with E-state index in [2.05, 4.69) is 19.2 Å². The topological polar surface area (TPSA) is 38.3 Å². The lowest BCUT2D eigenvalue weighted by Crippen LogP contribution is -2.48. The molecule has 0 amide bonds. The number of hydrogen-bond donors (Lipinski definition) is 1. The Morgan fingerprint density at radius 3 is 2.50 bits per heavy atom. The summed E-state index contributed by atoms with van der Waals surface area (Å²) in [6, 6.07) is 0.389. The molecule has 18 heavy (non-hydrogen) atoms. The van der Waals surface area contributed by atoms with E-state index in [1.807, 2.05) is 6.92 Å². The Balaban J connectivity index is 2.54. The third kappa shape index (κ3) is 4.97. The first-order valence-electron chi connectivity index (χ1n) is 7.61. The second kappa shape index (κ2) is 8.52. The van der Waals surface area contributed by atoms with Crippen molar-refractivity contribution >= 4 is 5.97 Å². The van der Waals surface area contributed by atoms with Crippen LogP contribution >= 0.6 is 0 Å². The molecule has 1 saturated carbocycles. The van der Waals surface area contributed by atoms with E-state index in [-0.39, 0.29) is 12.0 Å². The fourth-order valence-corrected chi connectivity index (χ4v) is 2.84. The van der Waals surface area contributed by atoms with Crippen molar-refractivity contribution in [3.63, 3.8) is 0 Å². The maximum absolute atomic E-state index is 12.0.